The van der Waals surface area contributed by atoms with Gasteiger partial charge in [0.15, 0.2) is 0 Å². The van der Waals surface area contributed by atoms with E-state index < -0.39 is 0 Å². The van der Waals surface area contributed by atoms with Gasteiger partial charge in [-0.2, -0.15) is 5.26 Å². The van der Waals surface area contributed by atoms with Gasteiger partial charge >= 0.3 is 0 Å². The van der Waals surface area contributed by atoms with Crippen LogP contribution in [0.4, 0.5) is 5.69 Å². The maximum atomic E-state index is 9.16. The molecule has 84 valence electrons. The molecule has 1 unspecified atom stereocenters. The molecule has 1 saturated carbocycles. The number of hydrogen-bond acceptors (Lipinski definition) is 2. The van der Waals surface area contributed by atoms with Gasteiger partial charge in [0, 0.05) is 10.7 Å². The lowest BCUT2D eigenvalue weighted by Gasteiger charge is -2.18. The van der Waals surface area contributed by atoms with Crippen molar-refractivity contribution in [2.24, 2.45) is 5.92 Å². The molecule has 0 aliphatic heterocycles. The lowest BCUT2D eigenvalue weighted by molar-refractivity contribution is 0.520. The van der Waals surface area contributed by atoms with Crippen molar-refractivity contribution < 1.29 is 0 Å². The highest BCUT2D eigenvalue weighted by Gasteiger charge is 2.24. The first-order valence-corrected chi connectivity index (χ1v) is 6.09. The standard InChI is InChI=1S/C13H15ClN2/c14-11-5-7-12(8-6-11)16-13(9-15)10-3-1-2-4-10/h5-8,10,13,16H,1-4H2. The minimum absolute atomic E-state index is 0.0660. The Balaban J connectivity index is 2.01. The van der Waals surface area contributed by atoms with E-state index in [0.29, 0.717) is 5.92 Å². The van der Waals surface area contributed by atoms with Crippen molar-refractivity contribution in [1.29, 1.82) is 5.26 Å². The van der Waals surface area contributed by atoms with E-state index in [9.17, 15) is 0 Å². The zero-order valence-corrected chi connectivity index (χ0v) is 9.87. The van der Waals surface area contributed by atoms with Crippen LogP contribution < -0.4 is 5.32 Å². The van der Waals surface area contributed by atoms with Crippen molar-refractivity contribution in [3.05, 3.63) is 29.3 Å². The fourth-order valence-electron chi connectivity index (χ4n) is 2.27. The Hall–Kier alpha value is -1.20. The number of halogens is 1. The van der Waals surface area contributed by atoms with E-state index in [-0.39, 0.29) is 6.04 Å². The number of benzene rings is 1. The van der Waals surface area contributed by atoms with E-state index in [1.807, 2.05) is 24.3 Å². The first-order valence-electron chi connectivity index (χ1n) is 5.71. The highest BCUT2D eigenvalue weighted by molar-refractivity contribution is 6.30. The van der Waals surface area contributed by atoms with Crippen LogP contribution in [0.25, 0.3) is 0 Å². The third kappa shape index (κ3) is 2.68. The van der Waals surface area contributed by atoms with Crippen molar-refractivity contribution in [2.45, 2.75) is 31.7 Å². The Kier molecular flexibility index (Phi) is 3.69. The van der Waals surface area contributed by atoms with E-state index >= 15 is 0 Å². The van der Waals surface area contributed by atoms with Crippen LogP contribution in [0.2, 0.25) is 5.02 Å². The zero-order chi connectivity index (χ0) is 11.4. The van der Waals surface area contributed by atoms with Crippen LogP contribution >= 0.6 is 11.6 Å². The summed E-state index contributed by atoms with van der Waals surface area (Å²) in [6.45, 7) is 0. The van der Waals surface area contributed by atoms with Gasteiger partial charge in [0.05, 0.1) is 6.07 Å². The summed E-state index contributed by atoms with van der Waals surface area (Å²) < 4.78 is 0. The molecule has 1 atom stereocenters. The summed E-state index contributed by atoms with van der Waals surface area (Å²) in [6.07, 6.45) is 4.84. The summed E-state index contributed by atoms with van der Waals surface area (Å²) >= 11 is 5.82. The molecule has 1 aliphatic rings. The predicted octanol–water partition coefficient (Wildman–Crippen LogP) is 3.83. The molecule has 0 radical (unpaired) electrons. The Labute approximate surface area is 101 Å². The third-order valence-electron chi connectivity index (χ3n) is 3.18. The van der Waals surface area contributed by atoms with Crippen LogP contribution in [0.5, 0.6) is 0 Å². The highest BCUT2D eigenvalue weighted by Crippen LogP contribution is 2.29. The molecule has 0 bridgehead atoms. The first-order chi connectivity index (χ1) is 7.79. The SMILES string of the molecule is N#CC(Nc1ccc(Cl)cc1)C1CCCC1. The third-order valence-corrected chi connectivity index (χ3v) is 3.43. The van der Waals surface area contributed by atoms with Crippen molar-refractivity contribution in [3.8, 4) is 6.07 Å². The molecule has 1 aliphatic carbocycles. The zero-order valence-electron chi connectivity index (χ0n) is 9.12. The maximum Gasteiger partial charge on any atom is 0.117 e. The van der Waals surface area contributed by atoms with Gasteiger partial charge < -0.3 is 5.32 Å². The second-order valence-corrected chi connectivity index (χ2v) is 4.74. The van der Waals surface area contributed by atoms with Crippen molar-refractivity contribution in [1.82, 2.24) is 0 Å². The quantitative estimate of drug-likeness (QED) is 0.863. The molecule has 0 amide bonds. The second kappa shape index (κ2) is 5.23. The van der Waals surface area contributed by atoms with E-state index in [4.69, 9.17) is 16.9 Å². The van der Waals surface area contributed by atoms with Gasteiger partial charge in [0.2, 0.25) is 0 Å². The first kappa shape index (κ1) is 11.3. The topological polar surface area (TPSA) is 35.8 Å². The smallest absolute Gasteiger partial charge is 0.117 e. The molecule has 0 heterocycles. The second-order valence-electron chi connectivity index (χ2n) is 4.30. The molecule has 2 nitrogen and oxygen atoms in total. The molecule has 0 aromatic heterocycles. The molecule has 3 heteroatoms. The van der Waals surface area contributed by atoms with E-state index in [2.05, 4.69) is 11.4 Å². The minimum Gasteiger partial charge on any atom is -0.370 e. The Bertz CT molecular complexity index is 374. The molecule has 2 rings (SSSR count). The largest absolute Gasteiger partial charge is 0.370 e. The van der Waals surface area contributed by atoms with Crippen molar-refractivity contribution in [2.75, 3.05) is 5.32 Å². The molecular formula is C13H15ClN2. The Morgan fingerprint density at radius 2 is 1.88 bits per heavy atom. The molecule has 1 fully saturated rings. The fourth-order valence-corrected chi connectivity index (χ4v) is 2.40. The molecule has 1 aromatic rings. The summed E-state index contributed by atoms with van der Waals surface area (Å²) in [4.78, 5) is 0. The normalized spacial score (nSPS) is 18.0. The molecule has 0 saturated heterocycles. The van der Waals surface area contributed by atoms with Crippen molar-refractivity contribution >= 4 is 17.3 Å². The lowest BCUT2D eigenvalue weighted by Crippen LogP contribution is -2.25. The van der Waals surface area contributed by atoms with E-state index in [1.54, 1.807) is 0 Å². The van der Waals surface area contributed by atoms with Gasteiger partial charge in [0.25, 0.3) is 0 Å². The summed E-state index contributed by atoms with van der Waals surface area (Å²) in [6, 6.07) is 9.81. The van der Waals surface area contributed by atoms with Crippen molar-refractivity contribution in [3.63, 3.8) is 0 Å². The maximum absolute atomic E-state index is 9.16. The van der Waals surface area contributed by atoms with Gasteiger partial charge in [-0.3, -0.25) is 0 Å². The highest BCUT2D eigenvalue weighted by atomic mass is 35.5. The average Bonchev–Trinajstić information content (AvgIpc) is 2.82. The number of nitriles is 1. The number of hydrogen-bond donors (Lipinski definition) is 1. The van der Waals surface area contributed by atoms with Gasteiger partial charge in [0.1, 0.15) is 6.04 Å². The molecule has 1 N–H and O–H groups in total. The van der Waals surface area contributed by atoms with Crippen LogP contribution in [0.3, 0.4) is 0 Å². The van der Waals surface area contributed by atoms with Gasteiger partial charge in [-0.05, 0) is 43.0 Å². The fraction of sp³-hybridized carbons (Fsp3) is 0.462. The van der Waals surface area contributed by atoms with Gasteiger partial charge in [-0.1, -0.05) is 24.4 Å². The van der Waals surface area contributed by atoms with Crippen LogP contribution in [0.1, 0.15) is 25.7 Å². The van der Waals surface area contributed by atoms with Crippen LogP contribution in [0.15, 0.2) is 24.3 Å². The number of nitrogens with zero attached hydrogens (tertiary/aromatic N) is 1. The molecule has 1 aromatic carbocycles. The summed E-state index contributed by atoms with van der Waals surface area (Å²) in [5, 5.41) is 13.2. The van der Waals surface area contributed by atoms with Gasteiger partial charge in [-0.15, -0.1) is 0 Å². The van der Waals surface area contributed by atoms with E-state index in [0.717, 1.165) is 10.7 Å². The Morgan fingerprint density at radius 1 is 1.25 bits per heavy atom. The minimum atomic E-state index is -0.0660. The molecule has 16 heavy (non-hydrogen) atoms. The summed E-state index contributed by atoms with van der Waals surface area (Å²) in [5.74, 6) is 0.501. The predicted molar refractivity (Wildman–Crippen MR) is 66.4 cm³/mol. The van der Waals surface area contributed by atoms with Crippen LogP contribution in [-0.4, -0.2) is 6.04 Å². The number of nitrogens with one attached hydrogen (secondary N) is 1. The average molecular weight is 235 g/mol. The Morgan fingerprint density at radius 3 is 2.44 bits per heavy atom. The molecule has 0 spiro atoms. The van der Waals surface area contributed by atoms with Crippen LogP contribution in [-0.2, 0) is 0 Å². The van der Waals surface area contributed by atoms with E-state index in [1.165, 1.54) is 25.7 Å². The summed E-state index contributed by atoms with van der Waals surface area (Å²) in [7, 11) is 0. The molecular weight excluding hydrogens is 220 g/mol. The summed E-state index contributed by atoms with van der Waals surface area (Å²) in [5.41, 5.74) is 0.975. The van der Waals surface area contributed by atoms with Crippen LogP contribution in [0, 0.1) is 17.2 Å². The number of rotatable bonds is 3. The number of anilines is 1. The lowest BCUT2D eigenvalue weighted by atomic mass is 9.99. The van der Waals surface area contributed by atoms with Gasteiger partial charge in [-0.25, -0.2) is 0 Å². The monoisotopic (exact) mass is 234 g/mol.